The number of hydrogen-bond acceptors (Lipinski definition) is 6. The predicted molar refractivity (Wildman–Crippen MR) is 173 cm³/mol. The molecule has 0 saturated carbocycles. The van der Waals surface area contributed by atoms with E-state index in [9.17, 15) is 19.5 Å². The van der Waals surface area contributed by atoms with Gasteiger partial charge in [-0.25, -0.2) is 0 Å². The number of benzene rings is 2. The lowest BCUT2D eigenvalue weighted by Gasteiger charge is -2.39. The number of fused-ring (bicyclic) bond motifs is 1. The molecule has 228 valence electrons. The molecule has 8 nitrogen and oxygen atoms in total. The SMILES string of the molecule is C=CCN(Cc1ccccc1)C(=O)[C@H]1[C@@H]2SC3(CC2Br)C(C(=O)N(CC=C)c2ccc(OC)cc2)N([C@H](C)CO)C(=O)[C@H]13. The number of rotatable bonds is 12. The summed E-state index contributed by atoms with van der Waals surface area (Å²) in [6.45, 7) is 10.2. The van der Waals surface area contributed by atoms with Gasteiger partial charge in [-0.1, -0.05) is 58.4 Å². The summed E-state index contributed by atoms with van der Waals surface area (Å²) in [6.07, 6.45) is 3.91. The second kappa shape index (κ2) is 12.9. The molecule has 2 aromatic carbocycles. The average molecular weight is 669 g/mol. The minimum Gasteiger partial charge on any atom is -0.497 e. The van der Waals surface area contributed by atoms with Crippen molar-refractivity contribution in [3.05, 3.63) is 85.5 Å². The highest BCUT2D eigenvalue weighted by atomic mass is 79.9. The van der Waals surface area contributed by atoms with Crippen LogP contribution in [0, 0.1) is 11.8 Å². The number of likely N-dealkylation sites (tertiary alicyclic amines) is 1. The molecule has 5 rings (SSSR count). The first kappa shape index (κ1) is 31.3. The van der Waals surface area contributed by atoms with E-state index >= 15 is 0 Å². The van der Waals surface area contributed by atoms with Gasteiger partial charge in [-0.2, -0.15) is 0 Å². The van der Waals surface area contributed by atoms with Crippen LogP contribution < -0.4 is 9.64 Å². The van der Waals surface area contributed by atoms with Crippen molar-refractivity contribution in [1.29, 1.82) is 0 Å². The molecule has 3 heterocycles. The van der Waals surface area contributed by atoms with Crippen LogP contribution in [-0.2, 0) is 20.9 Å². The number of thioether (sulfide) groups is 1. The molecule has 2 aromatic rings. The summed E-state index contributed by atoms with van der Waals surface area (Å²) in [5.74, 6) is -1.29. The van der Waals surface area contributed by atoms with Gasteiger partial charge in [0.2, 0.25) is 11.8 Å². The van der Waals surface area contributed by atoms with Crippen LogP contribution in [-0.4, -0.2) is 86.3 Å². The Balaban J connectivity index is 1.55. The fourth-order valence-electron chi connectivity index (χ4n) is 6.96. The number of ether oxygens (including phenoxy) is 1. The molecule has 3 fully saturated rings. The minimum atomic E-state index is -0.871. The number of anilines is 1. The number of amides is 3. The second-order valence-corrected chi connectivity index (χ2v) is 14.1. The molecular formula is C33H38BrN3O5S. The standard InChI is InChI=1S/C33H38BrN3O5S/c1-5-16-35(19-22-10-8-7-9-11-22)30(39)26-27-31(40)37(21(3)20-38)29(33(27)18-25(34)28(26)43-33)32(41)36(17-6-2)23-12-14-24(42-4)15-13-23/h5-15,21,25-29,38H,1-2,16-20H2,3-4H3/t21-,25?,26-,27+,28-,29?,33?/m1/s1. The third-order valence-corrected chi connectivity index (χ3v) is 12.0. The van der Waals surface area contributed by atoms with Crippen LogP contribution in [0.5, 0.6) is 5.75 Å². The summed E-state index contributed by atoms with van der Waals surface area (Å²) in [7, 11) is 1.58. The van der Waals surface area contributed by atoms with E-state index in [2.05, 4.69) is 29.1 Å². The summed E-state index contributed by atoms with van der Waals surface area (Å²) in [6, 6.07) is 15.5. The zero-order valence-electron chi connectivity index (χ0n) is 24.5. The van der Waals surface area contributed by atoms with Crippen molar-refractivity contribution in [2.24, 2.45) is 11.8 Å². The first-order chi connectivity index (χ1) is 20.7. The molecule has 1 N–H and O–H groups in total. The van der Waals surface area contributed by atoms with E-state index in [4.69, 9.17) is 4.74 Å². The minimum absolute atomic E-state index is 0.0636. The molecule has 3 unspecified atom stereocenters. The molecule has 3 aliphatic heterocycles. The lowest BCUT2D eigenvalue weighted by molar-refractivity contribution is -0.145. The third kappa shape index (κ3) is 5.42. The van der Waals surface area contributed by atoms with Crippen molar-refractivity contribution < 1.29 is 24.2 Å². The van der Waals surface area contributed by atoms with E-state index in [0.717, 1.165) is 5.56 Å². The Morgan fingerprint density at radius 1 is 1.14 bits per heavy atom. The molecule has 3 saturated heterocycles. The fraction of sp³-hybridized carbons (Fsp3) is 0.424. The van der Waals surface area contributed by atoms with Crippen molar-refractivity contribution in [3.63, 3.8) is 0 Å². The number of halogens is 1. The van der Waals surface area contributed by atoms with Crippen LogP contribution in [0.3, 0.4) is 0 Å². The van der Waals surface area contributed by atoms with Gasteiger partial charge in [-0.3, -0.25) is 14.4 Å². The Morgan fingerprint density at radius 2 is 1.81 bits per heavy atom. The van der Waals surface area contributed by atoms with Crippen molar-refractivity contribution in [1.82, 2.24) is 9.80 Å². The number of alkyl halides is 1. The van der Waals surface area contributed by atoms with Crippen molar-refractivity contribution in [2.75, 3.05) is 31.7 Å². The maximum absolute atomic E-state index is 14.7. The van der Waals surface area contributed by atoms with E-state index in [0.29, 0.717) is 30.9 Å². The Bertz CT molecular complexity index is 1370. The Hall–Kier alpha value is -3.08. The lowest BCUT2D eigenvalue weighted by atomic mass is 9.70. The topological polar surface area (TPSA) is 90.4 Å². The number of aliphatic hydroxyl groups excluding tert-OH is 1. The van der Waals surface area contributed by atoms with Crippen molar-refractivity contribution in [2.45, 2.75) is 46.8 Å². The van der Waals surface area contributed by atoms with Gasteiger partial charge in [0, 0.05) is 35.4 Å². The second-order valence-electron chi connectivity index (χ2n) is 11.4. The van der Waals surface area contributed by atoms with Gasteiger partial charge >= 0.3 is 0 Å². The number of methoxy groups -OCH3 is 1. The van der Waals surface area contributed by atoms with Crippen molar-refractivity contribution in [3.8, 4) is 5.75 Å². The quantitative estimate of drug-likeness (QED) is 0.269. The fourth-order valence-corrected chi connectivity index (χ4v) is 10.5. The van der Waals surface area contributed by atoms with Gasteiger partial charge in [0.25, 0.3) is 5.91 Å². The summed E-state index contributed by atoms with van der Waals surface area (Å²) < 4.78 is 4.47. The molecular weight excluding hydrogens is 630 g/mol. The molecule has 0 aliphatic carbocycles. The largest absolute Gasteiger partial charge is 0.497 e. The van der Waals surface area contributed by atoms with E-state index in [1.807, 2.05) is 42.5 Å². The third-order valence-electron chi connectivity index (χ3n) is 8.82. The smallest absolute Gasteiger partial charge is 0.251 e. The van der Waals surface area contributed by atoms with Crippen LogP contribution in [0.1, 0.15) is 18.9 Å². The van der Waals surface area contributed by atoms with Gasteiger partial charge in [0.05, 0.1) is 36.3 Å². The zero-order valence-corrected chi connectivity index (χ0v) is 26.9. The molecule has 0 radical (unpaired) electrons. The van der Waals surface area contributed by atoms with Gasteiger partial charge in [0.1, 0.15) is 11.8 Å². The average Bonchev–Trinajstić information content (AvgIpc) is 3.62. The lowest BCUT2D eigenvalue weighted by Crippen LogP contribution is -2.57. The normalized spacial score (nSPS) is 27.9. The summed E-state index contributed by atoms with van der Waals surface area (Å²) >= 11 is 5.43. The molecule has 2 bridgehead atoms. The molecule has 1 spiro atoms. The molecule has 3 aliphatic rings. The number of carbonyl (C=O) groups excluding carboxylic acids is 3. The Morgan fingerprint density at radius 3 is 2.42 bits per heavy atom. The van der Waals surface area contributed by atoms with Crippen LogP contribution in [0.15, 0.2) is 79.9 Å². The first-order valence-corrected chi connectivity index (χ1v) is 16.3. The maximum atomic E-state index is 14.7. The van der Waals surface area contributed by atoms with Gasteiger partial charge in [0.15, 0.2) is 0 Å². The highest BCUT2D eigenvalue weighted by Crippen LogP contribution is 2.68. The van der Waals surface area contributed by atoms with Gasteiger partial charge in [-0.15, -0.1) is 24.9 Å². The van der Waals surface area contributed by atoms with Crippen LogP contribution in [0.25, 0.3) is 0 Å². The monoisotopic (exact) mass is 667 g/mol. The number of nitrogens with zero attached hydrogens (tertiary/aromatic N) is 3. The van der Waals surface area contributed by atoms with Crippen LogP contribution in [0.4, 0.5) is 5.69 Å². The number of aliphatic hydroxyl groups is 1. The number of hydrogen-bond donors (Lipinski definition) is 1. The number of carbonyl (C=O) groups is 3. The van der Waals surface area contributed by atoms with Crippen LogP contribution in [0.2, 0.25) is 0 Å². The van der Waals surface area contributed by atoms with Crippen molar-refractivity contribution >= 4 is 51.1 Å². The highest BCUT2D eigenvalue weighted by molar-refractivity contribution is 9.09. The van der Waals surface area contributed by atoms with E-state index in [-0.39, 0.29) is 41.0 Å². The Labute approximate surface area is 265 Å². The first-order valence-electron chi connectivity index (χ1n) is 14.5. The highest BCUT2D eigenvalue weighted by Gasteiger charge is 2.76. The van der Waals surface area contributed by atoms with E-state index < -0.39 is 28.7 Å². The van der Waals surface area contributed by atoms with Crippen LogP contribution >= 0.6 is 27.7 Å². The Kier molecular flexibility index (Phi) is 9.39. The summed E-state index contributed by atoms with van der Waals surface area (Å²) in [4.78, 5) is 48.4. The van der Waals surface area contributed by atoms with Gasteiger partial charge in [-0.05, 0) is 43.2 Å². The zero-order chi connectivity index (χ0) is 30.9. The molecule has 3 amide bonds. The maximum Gasteiger partial charge on any atom is 0.251 e. The molecule has 0 aromatic heterocycles. The summed E-state index contributed by atoms with van der Waals surface area (Å²) in [5.41, 5.74) is 1.63. The van der Waals surface area contributed by atoms with E-state index in [1.165, 1.54) is 0 Å². The molecule has 10 heteroatoms. The predicted octanol–water partition coefficient (Wildman–Crippen LogP) is 4.27. The molecule has 7 atom stereocenters. The van der Waals surface area contributed by atoms with E-state index in [1.54, 1.807) is 64.8 Å². The summed E-state index contributed by atoms with van der Waals surface area (Å²) in [5, 5.41) is 10.1. The molecule has 43 heavy (non-hydrogen) atoms. The van der Waals surface area contributed by atoms with Gasteiger partial charge < -0.3 is 24.5 Å².